The zero-order valence-electron chi connectivity index (χ0n) is 9.15. The van der Waals surface area contributed by atoms with Gasteiger partial charge >= 0.3 is 6.03 Å². The SMILES string of the molecule is O=C(Nc1ccccn1)Nc1cc(F)ccc1F. The van der Waals surface area contributed by atoms with Gasteiger partial charge in [0.15, 0.2) is 0 Å². The normalized spacial score (nSPS) is 9.89. The zero-order chi connectivity index (χ0) is 13.0. The van der Waals surface area contributed by atoms with Crippen LogP contribution >= 0.6 is 0 Å². The van der Waals surface area contributed by atoms with E-state index in [2.05, 4.69) is 15.6 Å². The van der Waals surface area contributed by atoms with Crippen molar-refractivity contribution in [3.63, 3.8) is 0 Å². The molecule has 2 rings (SSSR count). The van der Waals surface area contributed by atoms with Crippen LogP contribution in [0.4, 0.5) is 25.1 Å². The van der Waals surface area contributed by atoms with Crippen molar-refractivity contribution in [1.82, 2.24) is 4.98 Å². The van der Waals surface area contributed by atoms with Gasteiger partial charge in [0.25, 0.3) is 0 Å². The minimum absolute atomic E-state index is 0.233. The molecule has 1 aromatic carbocycles. The number of carbonyl (C=O) groups is 1. The summed E-state index contributed by atoms with van der Waals surface area (Å²) in [5.74, 6) is -1.04. The molecule has 6 heteroatoms. The van der Waals surface area contributed by atoms with Gasteiger partial charge < -0.3 is 5.32 Å². The lowest BCUT2D eigenvalue weighted by molar-refractivity contribution is 0.262. The number of hydrogen-bond donors (Lipinski definition) is 2. The van der Waals surface area contributed by atoms with E-state index < -0.39 is 17.7 Å². The Morgan fingerprint density at radius 1 is 1.11 bits per heavy atom. The lowest BCUT2D eigenvalue weighted by Crippen LogP contribution is -2.20. The van der Waals surface area contributed by atoms with E-state index in [9.17, 15) is 13.6 Å². The van der Waals surface area contributed by atoms with Crippen LogP contribution in [-0.4, -0.2) is 11.0 Å². The van der Waals surface area contributed by atoms with E-state index in [0.29, 0.717) is 5.82 Å². The van der Waals surface area contributed by atoms with Crippen LogP contribution in [0.25, 0.3) is 0 Å². The molecule has 2 aromatic rings. The number of nitrogens with one attached hydrogen (secondary N) is 2. The van der Waals surface area contributed by atoms with E-state index >= 15 is 0 Å². The Morgan fingerprint density at radius 2 is 1.94 bits per heavy atom. The van der Waals surface area contributed by atoms with Crippen LogP contribution in [-0.2, 0) is 0 Å². The quantitative estimate of drug-likeness (QED) is 0.859. The summed E-state index contributed by atoms with van der Waals surface area (Å²) in [6.07, 6.45) is 1.50. The van der Waals surface area contributed by atoms with E-state index in [-0.39, 0.29) is 5.69 Å². The molecule has 0 aliphatic carbocycles. The minimum atomic E-state index is -0.715. The van der Waals surface area contributed by atoms with Gasteiger partial charge in [-0.1, -0.05) is 6.07 Å². The van der Waals surface area contributed by atoms with Crippen LogP contribution < -0.4 is 10.6 Å². The molecule has 92 valence electrons. The summed E-state index contributed by atoms with van der Waals surface area (Å²) in [6.45, 7) is 0. The van der Waals surface area contributed by atoms with E-state index in [1.165, 1.54) is 6.20 Å². The van der Waals surface area contributed by atoms with Gasteiger partial charge in [-0.25, -0.2) is 18.6 Å². The van der Waals surface area contributed by atoms with Crippen LogP contribution in [0.1, 0.15) is 0 Å². The van der Waals surface area contributed by atoms with Crippen LogP contribution in [0.3, 0.4) is 0 Å². The Hall–Kier alpha value is -2.50. The largest absolute Gasteiger partial charge is 0.324 e. The average Bonchev–Trinajstić information content (AvgIpc) is 2.35. The molecular formula is C12H9F2N3O. The van der Waals surface area contributed by atoms with Crippen molar-refractivity contribution in [3.05, 3.63) is 54.2 Å². The second-order valence-electron chi connectivity index (χ2n) is 3.42. The standard InChI is InChI=1S/C12H9F2N3O/c13-8-4-5-9(14)10(7-8)16-12(18)17-11-3-1-2-6-15-11/h1-7H,(H2,15,16,17,18). The fourth-order valence-corrected chi connectivity index (χ4v) is 1.30. The number of carbonyl (C=O) groups excluding carboxylic acids is 1. The fraction of sp³-hybridized carbons (Fsp3) is 0. The van der Waals surface area contributed by atoms with Gasteiger partial charge in [0.2, 0.25) is 0 Å². The Bertz CT molecular complexity index is 561. The van der Waals surface area contributed by atoms with E-state index in [1.807, 2.05) is 0 Å². The number of urea groups is 1. The molecule has 0 saturated carbocycles. The van der Waals surface area contributed by atoms with Gasteiger partial charge in [0, 0.05) is 12.3 Å². The van der Waals surface area contributed by atoms with Crippen LogP contribution in [0.2, 0.25) is 0 Å². The number of pyridine rings is 1. The summed E-state index contributed by atoms with van der Waals surface area (Å²) < 4.78 is 26.1. The summed E-state index contributed by atoms with van der Waals surface area (Å²) in [7, 11) is 0. The molecule has 0 saturated heterocycles. The third-order valence-corrected chi connectivity index (χ3v) is 2.08. The molecule has 4 nitrogen and oxygen atoms in total. The second-order valence-corrected chi connectivity index (χ2v) is 3.42. The van der Waals surface area contributed by atoms with Gasteiger partial charge in [-0.2, -0.15) is 0 Å². The van der Waals surface area contributed by atoms with Gasteiger partial charge in [-0.05, 0) is 24.3 Å². The molecule has 2 N–H and O–H groups in total. The van der Waals surface area contributed by atoms with Gasteiger partial charge in [-0.3, -0.25) is 5.32 Å². The highest BCUT2D eigenvalue weighted by Crippen LogP contribution is 2.15. The van der Waals surface area contributed by atoms with Crippen LogP contribution in [0.15, 0.2) is 42.6 Å². The number of benzene rings is 1. The molecule has 1 aromatic heterocycles. The van der Waals surface area contributed by atoms with E-state index in [1.54, 1.807) is 18.2 Å². The first-order valence-corrected chi connectivity index (χ1v) is 5.09. The molecule has 0 aliphatic rings. The third-order valence-electron chi connectivity index (χ3n) is 2.08. The molecule has 2 amide bonds. The predicted molar refractivity (Wildman–Crippen MR) is 63.2 cm³/mol. The molecular weight excluding hydrogens is 240 g/mol. The topological polar surface area (TPSA) is 54.0 Å². The Labute approximate surface area is 102 Å². The summed E-state index contributed by atoms with van der Waals surface area (Å²) in [5, 5.41) is 4.58. The highest BCUT2D eigenvalue weighted by atomic mass is 19.1. The van der Waals surface area contributed by atoms with Crippen LogP contribution in [0, 0.1) is 11.6 Å². The maximum atomic E-state index is 13.2. The van der Waals surface area contributed by atoms with Crippen molar-refractivity contribution in [2.24, 2.45) is 0 Å². The van der Waals surface area contributed by atoms with Crippen molar-refractivity contribution in [2.45, 2.75) is 0 Å². The van der Waals surface area contributed by atoms with Crippen molar-refractivity contribution in [3.8, 4) is 0 Å². The number of amides is 2. The predicted octanol–water partition coefficient (Wildman–Crippen LogP) is 3.00. The maximum absolute atomic E-state index is 13.2. The molecule has 0 aliphatic heterocycles. The average molecular weight is 249 g/mol. The number of anilines is 2. The number of halogens is 2. The summed E-state index contributed by atoms with van der Waals surface area (Å²) >= 11 is 0. The molecule has 18 heavy (non-hydrogen) atoms. The first-order valence-electron chi connectivity index (χ1n) is 5.09. The zero-order valence-corrected chi connectivity index (χ0v) is 9.15. The molecule has 0 bridgehead atoms. The van der Waals surface area contributed by atoms with Crippen molar-refractivity contribution in [2.75, 3.05) is 10.6 Å². The van der Waals surface area contributed by atoms with Crippen molar-refractivity contribution >= 4 is 17.5 Å². The van der Waals surface area contributed by atoms with E-state index in [4.69, 9.17) is 0 Å². The third kappa shape index (κ3) is 3.00. The van der Waals surface area contributed by atoms with Gasteiger partial charge in [-0.15, -0.1) is 0 Å². The number of rotatable bonds is 2. The Balaban J connectivity index is 2.05. The molecule has 1 heterocycles. The smallest absolute Gasteiger partial charge is 0.305 e. The summed E-state index contributed by atoms with van der Waals surface area (Å²) in [6, 6.07) is 7.05. The van der Waals surface area contributed by atoms with Gasteiger partial charge in [0.1, 0.15) is 17.5 Å². The summed E-state index contributed by atoms with van der Waals surface area (Å²) in [5.41, 5.74) is -0.233. The fourth-order valence-electron chi connectivity index (χ4n) is 1.30. The summed E-state index contributed by atoms with van der Waals surface area (Å²) in [4.78, 5) is 15.4. The lowest BCUT2D eigenvalue weighted by Gasteiger charge is -2.07. The highest BCUT2D eigenvalue weighted by molar-refractivity contribution is 5.99. The van der Waals surface area contributed by atoms with E-state index in [0.717, 1.165) is 18.2 Å². The molecule has 0 unspecified atom stereocenters. The van der Waals surface area contributed by atoms with Crippen molar-refractivity contribution in [1.29, 1.82) is 0 Å². The monoisotopic (exact) mass is 249 g/mol. The number of aromatic nitrogens is 1. The molecule has 0 fully saturated rings. The first kappa shape index (κ1) is 12.0. The maximum Gasteiger partial charge on any atom is 0.324 e. The number of nitrogens with zero attached hydrogens (tertiary/aromatic N) is 1. The van der Waals surface area contributed by atoms with Gasteiger partial charge in [0.05, 0.1) is 5.69 Å². The number of hydrogen-bond acceptors (Lipinski definition) is 2. The molecule has 0 radical (unpaired) electrons. The minimum Gasteiger partial charge on any atom is -0.305 e. The highest BCUT2D eigenvalue weighted by Gasteiger charge is 2.08. The van der Waals surface area contributed by atoms with Crippen molar-refractivity contribution < 1.29 is 13.6 Å². The Kier molecular flexibility index (Phi) is 3.47. The van der Waals surface area contributed by atoms with Crippen LogP contribution in [0.5, 0.6) is 0 Å². The Morgan fingerprint density at radius 3 is 2.67 bits per heavy atom. The lowest BCUT2D eigenvalue weighted by atomic mass is 10.3. The second kappa shape index (κ2) is 5.22. The molecule has 0 spiro atoms. The molecule has 0 atom stereocenters. The first-order chi connectivity index (χ1) is 8.65.